The number of carbonyl (C=O) groups excluding carboxylic acids is 2. The third-order valence-electron chi connectivity index (χ3n) is 3.54. The first-order chi connectivity index (χ1) is 9.70. The van der Waals surface area contributed by atoms with E-state index in [0.29, 0.717) is 6.54 Å². The van der Waals surface area contributed by atoms with Crippen LogP contribution in [0.25, 0.3) is 0 Å². The van der Waals surface area contributed by atoms with E-state index in [1.165, 1.54) is 0 Å². The molecule has 1 aromatic heterocycles. The summed E-state index contributed by atoms with van der Waals surface area (Å²) >= 11 is 1.57. The van der Waals surface area contributed by atoms with Crippen LogP contribution in [0.3, 0.4) is 0 Å². The number of thiophene rings is 1. The number of ether oxygens (including phenoxy) is 1. The Bertz CT molecular complexity index is 441. The van der Waals surface area contributed by atoms with Crippen LogP contribution in [0.1, 0.15) is 37.4 Å². The first kappa shape index (κ1) is 15.0. The van der Waals surface area contributed by atoms with Gasteiger partial charge in [-0.15, -0.1) is 0 Å². The first-order valence-electron chi connectivity index (χ1n) is 6.84. The average Bonchev–Trinajstić information content (AvgIpc) is 3.12. The largest absolute Gasteiger partial charge is 0.375 e. The van der Waals surface area contributed by atoms with Crippen molar-refractivity contribution in [1.29, 1.82) is 0 Å². The highest BCUT2D eigenvalue weighted by Crippen LogP contribution is 2.19. The number of amides is 2. The number of nitrogens with one attached hydrogen (secondary N) is 2. The van der Waals surface area contributed by atoms with E-state index in [9.17, 15) is 9.59 Å². The summed E-state index contributed by atoms with van der Waals surface area (Å²) in [4.78, 5) is 23.5. The van der Waals surface area contributed by atoms with Gasteiger partial charge in [0.2, 0.25) is 0 Å². The van der Waals surface area contributed by atoms with Crippen molar-refractivity contribution in [3.8, 4) is 0 Å². The molecule has 2 N–H and O–H groups in total. The van der Waals surface area contributed by atoms with Crippen LogP contribution in [0.4, 0.5) is 0 Å². The highest BCUT2D eigenvalue weighted by Gasteiger charge is 2.22. The lowest BCUT2D eigenvalue weighted by atomic mass is 10.2. The second-order valence-electron chi connectivity index (χ2n) is 4.95. The van der Waals surface area contributed by atoms with Gasteiger partial charge in [-0.05, 0) is 35.2 Å². The Morgan fingerprint density at radius 3 is 2.75 bits per heavy atom. The van der Waals surface area contributed by atoms with Crippen LogP contribution in [0.2, 0.25) is 0 Å². The molecule has 1 atom stereocenters. The minimum absolute atomic E-state index is 0.156. The molecule has 0 aliphatic heterocycles. The maximum absolute atomic E-state index is 11.7. The smallest absolute Gasteiger partial charge is 0.309 e. The second kappa shape index (κ2) is 7.40. The monoisotopic (exact) mass is 296 g/mol. The summed E-state index contributed by atoms with van der Waals surface area (Å²) < 4.78 is 5.32. The number of hydrogen-bond acceptors (Lipinski definition) is 4. The molecule has 0 saturated heterocycles. The van der Waals surface area contributed by atoms with E-state index in [2.05, 4.69) is 10.6 Å². The lowest BCUT2D eigenvalue weighted by molar-refractivity contribution is -0.139. The first-order valence-corrected chi connectivity index (χ1v) is 7.78. The molecule has 0 bridgehead atoms. The van der Waals surface area contributed by atoms with Gasteiger partial charge >= 0.3 is 11.8 Å². The van der Waals surface area contributed by atoms with Gasteiger partial charge < -0.3 is 15.4 Å². The minimum Gasteiger partial charge on any atom is -0.375 e. The van der Waals surface area contributed by atoms with E-state index in [0.717, 1.165) is 31.2 Å². The maximum Gasteiger partial charge on any atom is 0.309 e. The fourth-order valence-corrected chi connectivity index (χ4v) is 3.08. The van der Waals surface area contributed by atoms with Crippen LogP contribution in [0.5, 0.6) is 0 Å². The highest BCUT2D eigenvalue weighted by molar-refractivity contribution is 7.07. The summed E-state index contributed by atoms with van der Waals surface area (Å²) in [5.74, 6) is -1.13. The van der Waals surface area contributed by atoms with Gasteiger partial charge in [0.15, 0.2) is 0 Å². The Morgan fingerprint density at radius 2 is 2.15 bits per heavy atom. The molecule has 5 nitrogen and oxygen atoms in total. The van der Waals surface area contributed by atoms with Crippen molar-refractivity contribution in [2.75, 3.05) is 13.7 Å². The van der Waals surface area contributed by atoms with E-state index < -0.39 is 11.8 Å². The molecule has 1 unspecified atom stereocenters. The van der Waals surface area contributed by atoms with Crippen molar-refractivity contribution in [3.63, 3.8) is 0 Å². The molecule has 1 fully saturated rings. The van der Waals surface area contributed by atoms with Crippen molar-refractivity contribution in [1.82, 2.24) is 10.6 Å². The lowest BCUT2D eigenvalue weighted by Gasteiger charge is -2.16. The summed E-state index contributed by atoms with van der Waals surface area (Å²) in [6.07, 6.45) is 3.96. The number of hydrogen-bond donors (Lipinski definition) is 2. The predicted molar refractivity (Wildman–Crippen MR) is 77.5 cm³/mol. The Hall–Kier alpha value is -1.40. The Balaban J connectivity index is 1.77. The van der Waals surface area contributed by atoms with Gasteiger partial charge in [0.1, 0.15) is 6.10 Å². The molecule has 20 heavy (non-hydrogen) atoms. The molecule has 1 aliphatic carbocycles. The Kier molecular flexibility index (Phi) is 5.55. The van der Waals surface area contributed by atoms with Crippen LogP contribution in [-0.4, -0.2) is 31.5 Å². The SMILES string of the molecule is COC(CNC(=O)C(=O)NC1CCCC1)c1ccsc1. The molecule has 1 heterocycles. The zero-order chi connectivity index (χ0) is 14.4. The van der Waals surface area contributed by atoms with Gasteiger partial charge in [0.25, 0.3) is 0 Å². The maximum atomic E-state index is 11.7. The predicted octanol–water partition coefficient (Wildman–Crippen LogP) is 1.61. The van der Waals surface area contributed by atoms with Crippen LogP contribution >= 0.6 is 11.3 Å². The second-order valence-corrected chi connectivity index (χ2v) is 5.73. The molecule has 2 amide bonds. The van der Waals surface area contributed by atoms with Gasteiger partial charge in [-0.2, -0.15) is 11.3 Å². The molecule has 1 aromatic rings. The molecule has 2 rings (SSSR count). The Morgan fingerprint density at radius 1 is 1.40 bits per heavy atom. The van der Waals surface area contributed by atoms with Gasteiger partial charge in [-0.1, -0.05) is 12.8 Å². The molecular weight excluding hydrogens is 276 g/mol. The summed E-state index contributed by atoms with van der Waals surface area (Å²) in [5.41, 5.74) is 1.01. The number of carbonyl (C=O) groups is 2. The van der Waals surface area contributed by atoms with Gasteiger partial charge in [0.05, 0.1) is 0 Å². The summed E-state index contributed by atoms with van der Waals surface area (Å²) in [6.45, 7) is 0.296. The van der Waals surface area contributed by atoms with Gasteiger partial charge in [0, 0.05) is 19.7 Å². The fourth-order valence-electron chi connectivity index (χ4n) is 2.38. The fraction of sp³-hybridized carbons (Fsp3) is 0.571. The zero-order valence-corrected chi connectivity index (χ0v) is 12.4. The summed E-state index contributed by atoms with van der Waals surface area (Å²) in [5, 5.41) is 9.32. The van der Waals surface area contributed by atoms with Crippen molar-refractivity contribution in [3.05, 3.63) is 22.4 Å². The molecule has 0 spiro atoms. The Labute approximate surface area is 122 Å². The van der Waals surface area contributed by atoms with Crippen molar-refractivity contribution >= 4 is 23.2 Å². The van der Waals surface area contributed by atoms with Crippen LogP contribution < -0.4 is 10.6 Å². The molecule has 0 aromatic carbocycles. The van der Waals surface area contributed by atoms with E-state index in [-0.39, 0.29) is 12.1 Å². The van der Waals surface area contributed by atoms with Crippen LogP contribution in [-0.2, 0) is 14.3 Å². The number of rotatable bonds is 5. The molecule has 0 radical (unpaired) electrons. The number of methoxy groups -OCH3 is 1. The van der Waals surface area contributed by atoms with Crippen molar-refractivity contribution in [2.24, 2.45) is 0 Å². The van der Waals surface area contributed by atoms with E-state index in [1.54, 1.807) is 18.4 Å². The van der Waals surface area contributed by atoms with E-state index in [1.807, 2.05) is 16.8 Å². The van der Waals surface area contributed by atoms with Crippen molar-refractivity contribution in [2.45, 2.75) is 37.8 Å². The van der Waals surface area contributed by atoms with Gasteiger partial charge in [-0.3, -0.25) is 9.59 Å². The third-order valence-corrected chi connectivity index (χ3v) is 4.25. The molecule has 1 saturated carbocycles. The topological polar surface area (TPSA) is 67.4 Å². The molecule has 1 aliphatic rings. The van der Waals surface area contributed by atoms with E-state index >= 15 is 0 Å². The normalized spacial score (nSPS) is 16.9. The quantitative estimate of drug-likeness (QED) is 0.811. The molecule has 110 valence electrons. The standard InChI is InChI=1S/C14H20N2O3S/c1-19-12(10-6-7-20-9-10)8-15-13(17)14(18)16-11-4-2-3-5-11/h6-7,9,11-12H,2-5,8H2,1H3,(H,15,17)(H,16,18). The third kappa shape index (κ3) is 4.05. The van der Waals surface area contributed by atoms with Crippen LogP contribution in [0.15, 0.2) is 16.8 Å². The van der Waals surface area contributed by atoms with E-state index in [4.69, 9.17) is 4.74 Å². The van der Waals surface area contributed by atoms with Crippen LogP contribution in [0, 0.1) is 0 Å². The minimum atomic E-state index is -0.589. The summed E-state index contributed by atoms with van der Waals surface area (Å²) in [7, 11) is 1.59. The van der Waals surface area contributed by atoms with Crippen molar-refractivity contribution < 1.29 is 14.3 Å². The zero-order valence-electron chi connectivity index (χ0n) is 11.6. The summed E-state index contributed by atoms with van der Waals surface area (Å²) in [6, 6.07) is 2.10. The highest BCUT2D eigenvalue weighted by atomic mass is 32.1. The van der Waals surface area contributed by atoms with Gasteiger partial charge in [-0.25, -0.2) is 0 Å². The average molecular weight is 296 g/mol. The molecular formula is C14H20N2O3S. The lowest BCUT2D eigenvalue weighted by Crippen LogP contribution is -2.44. The molecule has 6 heteroatoms.